The lowest BCUT2D eigenvalue weighted by atomic mass is 10.2. The second kappa shape index (κ2) is 9.06. The summed E-state index contributed by atoms with van der Waals surface area (Å²) in [6.07, 6.45) is 0. The van der Waals surface area contributed by atoms with Crippen LogP contribution in [0.4, 0.5) is 14.5 Å². The number of thiazole rings is 1. The number of aromatic nitrogens is 1. The number of carbonyl (C=O) groups is 1. The number of halogens is 2. The molecule has 0 fully saturated rings. The zero-order valence-electron chi connectivity index (χ0n) is 16.6. The molecule has 4 aromatic rings. The van der Waals surface area contributed by atoms with Gasteiger partial charge in [-0.3, -0.25) is 4.79 Å². The van der Waals surface area contributed by atoms with Gasteiger partial charge in [0.1, 0.15) is 23.1 Å². The van der Waals surface area contributed by atoms with Crippen molar-refractivity contribution in [2.24, 2.45) is 0 Å². The molecule has 1 N–H and O–H groups in total. The number of rotatable bonds is 6. The Bertz CT molecular complexity index is 1220. The van der Waals surface area contributed by atoms with Crippen LogP contribution in [-0.4, -0.2) is 10.9 Å². The first-order valence-corrected chi connectivity index (χ1v) is 10.4. The van der Waals surface area contributed by atoms with Gasteiger partial charge in [0.05, 0.1) is 0 Å². The minimum atomic E-state index is -0.901. The van der Waals surface area contributed by atoms with Crippen LogP contribution in [0.1, 0.15) is 21.6 Å². The normalized spacial score (nSPS) is 10.7. The molecule has 0 bridgehead atoms. The summed E-state index contributed by atoms with van der Waals surface area (Å²) < 4.78 is 31.9. The van der Waals surface area contributed by atoms with Crippen molar-refractivity contribution in [3.63, 3.8) is 0 Å². The molecule has 0 aliphatic carbocycles. The quantitative estimate of drug-likeness (QED) is 0.390. The Labute approximate surface area is 182 Å². The Morgan fingerprint density at radius 1 is 1.03 bits per heavy atom. The van der Waals surface area contributed by atoms with E-state index in [1.165, 1.54) is 17.4 Å². The molecule has 0 spiro atoms. The molecular formula is C24H18F2N2O2S. The number of ether oxygens (including phenoxy) is 1. The standard InChI is InChI=1S/C24H18F2N2O2S/c1-15-3-2-4-18(11-15)27-23(29)22-14-31-24(28-22)17-6-8-19(9-7-17)30-13-16-5-10-20(25)21(26)12-16/h2-12,14H,13H2,1H3,(H,27,29). The maximum Gasteiger partial charge on any atom is 0.275 e. The SMILES string of the molecule is Cc1cccc(NC(=O)c2csc(-c3ccc(OCc4ccc(F)c(F)c4)cc3)n2)c1. The van der Waals surface area contributed by atoms with Crippen LogP contribution in [0.3, 0.4) is 0 Å². The second-order valence-corrected chi connectivity index (χ2v) is 7.78. The van der Waals surface area contributed by atoms with Crippen molar-refractivity contribution in [3.8, 4) is 16.3 Å². The largest absolute Gasteiger partial charge is 0.489 e. The first kappa shape index (κ1) is 20.7. The van der Waals surface area contributed by atoms with Crippen molar-refractivity contribution in [3.05, 3.63) is 101 Å². The fourth-order valence-electron chi connectivity index (χ4n) is 2.92. The molecule has 1 amide bonds. The lowest BCUT2D eigenvalue weighted by Crippen LogP contribution is -2.12. The van der Waals surface area contributed by atoms with Crippen molar-refractivity contribution in [1.82, 2.24) is 4.98 Å². The van der Waals surface area contributed by atoms with Crippen LogP contribution >= 0.6 is 11.3 Å². The topological polar surface area (TPSA) is 51.2 Å². The molecule has 0 atom stereocenters. The molecule has 0 saturated carbocycles. The minimum Gasteiger partial charge on any atom is -0.489 e. The molecule has 0 unspecified atom stereocenters. The third-order valence-electron chi connectivity index (χ3n) is 4.50. The third-order valence-corrected chi connectivity index (χ3v) is 5.39. The van der Waals surface area contributed by atoms with Crippen LogP contribution in [0.5, 0.6) is 5.75 Å². The number of nitrogens with one attached hydrogen (secondary N) is 1. The third kappa shape index (κ3) is 5.13. The van der Waals surface area contributed by atoms with Gasteiger partial charge in [-0.05, 0) is 66.6 Å². The van der Waals surface area contributed by atoms with Gasteiger partial charge < -0.3 is 10.1 Å². The van der Waals surface area contributed by atoms with Crippen molar-refractivity contribution in [2.45, 2.75) is 13.5 Å². The van der Waals surface area contributed by atoms with Gasteiger partial charge in [0.25, 0.3) is 5.91 Å². The van der Waals surface area contributed by atoms with Crippen LogP contribution < -0.4 is 10.1 Å². The van der Waals surface area contributed by atoms with E-state index < -0.39 is 11.6 Å². The Balaban J connectivity index is 1.39. The van der Waals surface area contributed by atoms with Crippen LogP contribution in [0.2, 0.25) is 0 Å². The van der Waals surface area contributed by atoms with Crippen LogP contribution in [0.25, 0.3) is 10.6 Å². The second-order valence-electron chi connectivity index (χ2n) is 6.92. The van der Waals surface area contributed by atoms with Crippen molar-refractivity contribution < 1.29 is 18.3 Å². The van der Waals surface area contributed by atoms with Gasteiger partial charge >= 0.3 is 0 Å². The molecule has 7 heteroatoms. The van der Waals surface area contributed by atoms with E-state index in [0.717, 1.165) is 28.9 Å². The van der Waals surface area contributed by atoms with Gasteiger partial charge in [0.15, 0.2) is 11.6 Å². The van der Waals surface area contributed by atoms with Gasteiger partial charge in [-0.1, -0.05) is 18.2 Å². The minimum absolute atomic E-state index is 0.122. The first-order valence-electron chi connectivity index (χ1n) is 9.48. The number of hydrogen-bond acceptors (Lipinski definition) is 4. The molecule has 156 valence electrons. The van der Waals surface area contributed by atoms with E-state index in [2.05, 4.69) is 10.3 Å². The summed E-state index contributed by atoms with van der Waals surface area (Å²) in [4.78, 5) is 16.9. The summed E-state index contributed by atoms with van der Waals surface area (Å²) in [6, 6.07) is 18.4. The molecule has 0 aliphatic heterocycles. The molecule has 3 aromatic carbocycles. The Kier molecular flexibility index (Phi) is 6.04. The van der Waals surface area contributed by atoms with Crippen molar-refractivity contribution in [1.29, 1.82) is 0 Å². The van der Waals surface area contributed by atoms with Gasteiger partial charge in [0.2, 0.25) is 0 Å². The van der Waals surface area contributed by atoms with Gasteiger partial charge in [0, 0.05) is 16.6 Å². The van der Waals surface area contributed by atoms with E-state index in [1.807, 2.05) is 43.3 Å². The van der Waals surface area contributed by atoms with Crippen LogP contribution in [0.15, 0.2) is 72.1 Å². The summed E-state index contributed by atoms with van der Waals surface area (Å²) in [5, 5.41) is 5.27. The zero-order chi connectivity index (χ0) is 21.8. The summed E-state index contributed by atoms with van der Waals surface area (Å²) in [7, 11) is 0. The van der Waals surface area contributed by atoms with E-state index >= 15 is 0 Å². The predicted molar refractivity (Wildman–Crippen MR) is 117 cm³/mol. The number of nitrogens with zero attached hydrogens (tertiary/aromatic N) is 1. The summed E-state index contributed by atoms with van der Waals surface area (Å²) in [5.41, 5.74) is 3.51. The molecule has 31 heavy (non-hydrogen) atoms. The van der Waals surface area contributed by atoms with E-state index in [1.54, 1.807) is 17.5 Å². The summed E-state index contributed by atoms with van der Waals surface area (Å²) in [6.45, 7) is 2.08. The van der Waals surface area contributed by atoms with Crippen LogP contribution in [0, 0.1) is 18.6 Å². The molecule has 4 rings (SSSR count). The maximum absolute atomic E-state index is 13.3. The molecule has 4 nitrogen and oxygen atoms in total. The highest BCUT2D eigenvalue weighted by atomic mass is 32.1. The van der Waals surface area contributed by atoms with Crippen molar-refractivity contribution in [2.75, 3.05) is 5.32 Å². The monoisotopic (exact) mass is 436 g/mol. The Morgan fingerprint density at radius 2 is 1.84 bits per heavy atom. The molecule has 1 aromatic heterocycles. The Hall–Kier alpha value is -3.58. The van der Waals surface area contributed by atoms with Gasteiger partial charge in [-0.25, -0.2) is 13.8 Å². The van der Waals surface area contributed by atoms with E-state index in [9.17, 15) is 13.6 Å². The van der Waals surface area contributed by atoms with Gasteiger partial charge in [-0.2, -0.15) is 0 Å². The highest BCUT2D eigenvalue weighted by Gasteiger charge is 2.12. The summed E-state index contributed by atoms with van der Waals surface area (Å²) in [5.74, 6) is -1.46. The summed E-state index contributed by atoms with van der Waals surface area (Å²) >= 11 is 1.37. The fraction of sp³-hybridized carbons (Fsp3) is 0.0833. The highest BCUT2D eigenvalue weighted by molar-refractivity contribution is 7.13. The maximum atomic E-state index is 13.3. The lowest BCUT2D eigenvalue weighted by Gasteiger charge is -2.07. The molecule has 0 saturated heterocycles. The average molecular weight is 436 g/mol. The number of amides is 1. The van der Waals surface area contributed by atoms with Crippen LogP contribution in [-0.2, 0) is 6.61 Å². The first-order chi connectivity index (χ1) is 15.0. The number of aryl methyl sites for hydroxylation is 1. The molecule has 1 heterocycles. The van der Waals surface area contributed by atoms with Gasteiger partial charge in [-0.15, -0.1) is 11.3 Å². The molecule has 0 radical (unpaired) electrons. The van der Waals surface area contributed by atoms with E-state index in [4.69, 9.17) is 4.74 Å². The Morgan fingerprint density at radius 3 is 2.58 bits per heavy atom. The van der Waals surface area contributed by atoms with E-state index in [0.29, 0.717) is 22.0 Å². The molecular weight excluding hydrogens is 418 g/mol. The van der Waals surface area contributed by atoms with Crippen molar-refractivity contribution >= 4 is 22.9 Å². The number of carbonyl (C=O) groups excluding carboxylic acids is 1. The predicted octanol–water partition coefficient (Wildman–Crippen LogP) is 6.23. The van der Waals surface area contributed by atoms with E-state index in [-0.39, 0.29) is 12.5 Å². The number of anilines is 1. The number of hydrogen-bond donors (Lipinski definition) is 1. The fourth-order valence-corrected chi connectivity index (χ4v) is 3.72. The lowest BCUT2D eigenvalue weighted by molar-refractivity contribution is 0.102. The number of benzene rings is 3. The molecule has 0 aliphatic rings. The highest BCUT2D eigenvalue weighted by Crippen LogP contribution is 2.26. The smallest absolute Gasteiger partial charge is 0.275 e. The zero-order valence-corrected chi connectivity index (χ0v) is 17.4. The average Bonchev–Trinajstić information content (AvgIpc) is 3.25.